The zero-order valence-electron chi connectivity index (χ0n) is 18.0. The molecule has 1 aromatic rings. The van der Waals surface area contributed by atoms with Crippen molar-refractivity contribution in [2.24, 2.45) is 4.99 Å². The molecule has 5 heteroatoms. The van der Waals surface area contributed by atoms with Crippen LogP contribution >= 0.6 is 0 Å². The lowest BCUT2D eigenvalue weighted by Gasteiger charge is -2.30. The van der Waals surface area contributed by atoms with Gasteiger partial charge >= 0.3 is 0 Å². The van der Waals surface area contributed by atoms with Gasteiger partial charge in [-0.3, -0.25) is 0 Å². The molecule has 3 rings (SSSR count). The average Bonchev–Trinajstić information content (AvgIpc) is 3.55. The first kappa shape index (κ1) is 20.3. The number of hydrogen-bond acceptors (Lipinski definition) is 5. The van der Waals surface area contributed by atoms with Gasteiger partial charge in [-0.1, -0.05) is 12.2 Å². The molecular formula is C23H33N5. The van der Waals surface area contributed by atoms with E-state index in [1.165, 1.54) is 31.3 Å². The predicted molar refractivity (Wildman–Crippen MR) is 116 cm³/mol. The second-order valence-corrected chi connectivity index (χ2v) is 8.65. The average molecular weight is 380 g/mol. The van der Waals surface area contributed by atoms with E-state index < -0.39 is 0 Å². The van der Waals surface area contributed by atoms with Crippen LogP contribution in [0.2, 0.25) is 0 Å². The Bertz CT molecular complexity index is 836. The predicted octanol–water partition coefficient (Wildman–Crippen LogP) is 4.67. The molecule has 0 amide bonds. The third-order valence-electron chi connectivity index (χ3n) is 5.62. The molecule has 0 atom stereocenters. The second-order valence-electron chi connectivity index (χ2n) is 8.65. The largest absolute Gasteiger partial charge is 0.365 e. The van der Waals surface area contributed by atoms with Crippen LogP contribution in [0.4, 0.5) is 0 Å². The van der Waals surface area contributed by atoms with Gasteiger partial charge in [0.05, 0.1) is 12.2 Å². The minimum atomic E-state index is 0.153. The van der Waals surface area contributed by atoms with Crippen LogP contribution in [-0.2, 0) is 6.54 Å². The fraction of sp³-hybridized carbons (Fsp3) is 0.522. The number of rotatable bonds is 9. The van der Waals surface area contributed by atoms with E-state index in [1.807, 2.05) is 6.92 Å². The number of nitrogens with one attached hydrogen (secondary N) is 1. The number of nitrogens with zero attached hydrogens (tertiary/aromatic N) is 4. The molecule has 2 saturated carbocycles. The van der Waals surface area contributed by atoms with Crippen molar-refractivity contribution in [3.63, 3.8) is 0 Å². The molecule has 1 heterocycles. The Labute approximate surface area is 169 Å². The van der Waals surface area contributed by atoms with Crippen LogP contribution < -0.4 is 5.32 Å². The normalized spacial score (nSPS) is 18.0. The summed E-state index contributed by atoms with van der Waals surface area (Å²) in [6.45, 7) is 19.7. The lowest BCUT2D eigenvalue weighted by molar-refractivity contribution is 0.329. The van der Waals surface area contributed by atoms with Gasteiger partial charge in [0, 0.05) is 34.1 Å². The van der Waals surface area contributed by atoms with E-state index in [0.29, 0.717) is 6.04 Å². The molecule has 0 aromatic carbocycles. The zero-order valence-corrected chi connectivity index (χ0v) is 18.0. The van der Waals surface area contributed by atoms with Crippen molar-refractivity contribution in [3.8, 4) is 0 Å². The fourth-order valence-electron chi connectivity index (χ4n) is 3.59. The van der Waals surface area contributed by atoms with E-state index >= 15 is 0 Å². The molecule has 0 spiro atoms. The van der Waals surface area contributed by atoms with Crippen LogP contribution in [0.1, 0.15) is 64.8 Å². The van der Waals surface area contributed by atoms with E-state index in [1.54, 1.807) is 6.33 Å². The van der Waals surface area contributed by atoms with Crippen molar-refractivity contribution in [2.75, 3.05) is 0 Å². The maximum Gasteiger partial charge on any atom is 0.129 e. The van der Waals surface area contributed by atoms with Crippen molar-refractivity contribution in [1.29, 1.82) is 0 Å². The first-order chi connectivity index (χ1) is 13.2. The number of allylic oxidation sites excluding steroid dienone is 2. The molecule has 5 nitrogen and oxygen atoms in total. The van der Waals surface area contributed by atoms with Gasteiger partial charge in [0.15, 0.2) is 0 Å². The van der Waals surface area contributed by atoms with E-state index in [2.05, 4.69) is 72.2 Å². The van der Waals surface area contributed by atoms with Crippen LogP contribution in [0.25, 0.3) is 0 Å². The summed E-state index contributed by atoms with van der Waals surface area (Å²) < 4.78 is 0. The van der Waals surface area contributed by atoms with Gasteiger partial charge in [-0.2, -0.15) is 0 Å². The van der Waals surface area contributed by atoms with Crippen molar-refractivity contribution >= 4 is 6.72 Å². The summed E-state index contributed by atoms with van der Waals surface area (Å²) in [5.74, 6) is 0.867. The van der Waals surface area contributed by atoms with Crippen LogP contribution in [-0.4, -0.2) is 33.2 Å². The highest BCUT2D eigenvalue weighted by atomic mass is 15.2. The van der Waals surface area contributed by atoms with Crippen molar-refractivity contribution in [1.82, 2.24) is 20.2 Å². The molecule has 2 aliphatic rings. The highest BCUT2D eigenvalue weighted by Crippen LogP contribution is 2.39. The summed E-state index contributed by atoms with van der Waals surface area (Å²) in [5, 5.41) is 3.58. The van der Waals surface area contributed by atoms with E-state index in [4.69, 9.17) is 0 Å². The summed E-state index contributed by atoms with van der Waals surface area (Å²) >= 11 is 0. The van der Waals surface area contributed by atoms with Gasteiger partial charge in [-0.15, -0.1) is 0 Å². The zero-order chi connectivity index (χ0) is 20.5. The second kappa shape index (κ2) is 7.90. The Kier molecular flexibility index (Phi) is 5.73. The Morgan fingerprint density at radius 1 is 1.29 bits per heavy atom. The quantitative estimate of drug-likeness (QED) is 0.500. The van der Waals surface area contributed by atoms with Gasteiger partial charge in [0.25, 0.3) is 0 Å². The summed E-state index contributed by atoms with van der Waals surface area (Å²) in [6, 6.07) is 2.58. The first-order valence-electron chi connectivity index (χ1n) is 10.1. The highest BCUT2D eigenvalue weighted by Gasteiger charge is 2.38. The molecule has 0 bridgehead atoms. The molecule has 0 saturated heterocycles. The summed E-state index contributed by atoms with van der Waals surface area (Å²) in [7, 11) is 0. The third-order valence-corrected chi connectivity index (χ3v) is 5.62. The molecular weight excluding hydrogens is 346 g/mol. The Morgan fingerprint density at radius 3 is 2.46 bits per heavy atom. The molecule has 0 unspecified atom stereocenters. The number of hydrogen-bond donors (Lipinski definition) is 1. The van der Waals surface area contributed by atoms with Gasteiger partial charge < -0.3 is 10.2 Å². The van der Waals surface area contributed by atoms with Crippen LogP contribution in [0.5, 0.6) is 0 Å². The number of aromatic nitrogens is 2. The maximum atomic E-state index is 4.51. The van der Waals surface area contributed by atoms with Gasteiger partial charge in [-0.25, -0.2) is 15.0 Å². The van der Waals surface area contributed by atoms with E-state index in [-0.39, 0.29) is 5.54 Å². The monoisotopic (exact) mass is 379 g/mol. The minimum absolute atomic E-state index is 0.153. The molecule has 150 valence electrons. The Balaban J connectivity index is 1.90. The van der Waals surface area contributed by atoms with Crippen LogP contribution in [0, 0.1) is 6.92 Å². The molecule has 0 radical (unpaired) electrons. The molecule has 1 N–H and O–H groups in total. The van der Waals surface area contributed by atoms with E-state index in [0.717, 1.165) is 40.6 Å². The number of aryl methyl sites for hydroxylation is 1. The smallest absolute Gasteiger partial charge is 0.129 e. The van der Waals surface area contributed by atoms with Gasteiger partial charge in [0.1, 0.15) is 12.1 Å². The maximum absolute atomic E-state index is 4.51. The standard InChI is InChI=1S/C23H33N5/c1-15(2)21(17(4)22(24-7)27-23(6)10-11-23)18(5)28(20-8-9-20)13-19-12-16(3)25-14-26-19/h12,14,20,27H,5,7-11,13H2,1-4,6H3/b22-17-. The summed E-state index contributed by atoms with van der Waals surface area (Å²) in [5.41, 5.74) is 6.72. The minimum Gasteiger partial charge on any atom is -0.365 e. The van der Waals surface area contributed by atoms with Gasteiger partial charge in [-0.05, 0) is 73.1 Å². The summed E-state index contributed by atoms with van der Waals surface area (Å²) in [6.07, 6.45) is 6.39. The van der Waals surface area contributed by atoms with Crippen molar-refractivity contribution < 1.29 is 0 Å². The van der Waals surface area contributed by atoms with E-state index in [9.17, 15) is 0 Å². The molecule has 1 aromatic heterocycles. The van der Waals surface area contributed by atoms with Gasteiger partial charge in [0.2, 0.25) is 0 Å². The SMILES string of the molecule is C=N/C(NC1(C)CC1)=C(\C)C(C(=C)N(Cc1cc(C)ncn1)C1CC1)=C(C)C. The topological polar surface area (TPSA) is 53.4 Å². The van der Waals surface area contributed by atoms with Crippen molar-refractivity contribution in [2.45, 2.75) is 78.4 Å². The molecule has 2 fully saturated rings. The molecule has 2 aliphatic carbocycles. The summed E-state index contributed by atoms with van der Waals surface area (Å²) in [4.78, 5) is 15.4. The van der Waals surface area contributed by atoms with Crippen LogP contribution in [0.15, 0.2) is 52.2 Å². The molecule has 0 aliphatic heterocycles. The number of aliphatic imine (C=N–C) groups is 1. The molecule has 28 heavy (non-hydrogen) atoms. The lowest BCUT2D eigenvalue weighted by atomic mass is 9.98. The highest BCUT2D eigenvalue weighted by molar-refractivity contribution is 5.50. The fourth-order valence-corrected chi connectivity index (χ4v) is 3.59. The first-order valence-corrected chi connectivity index (χ1v) is 10.1. The van der Waals surface area contributed by atoms with Crippen LogP contribution in [0.3, 0.4) is 0 Å². The van der Waals surface area contributed by atoms with Crippen molar-refractivity contribution in [3.05, 3.63) is 58.6 Å². The lowest BCUT2D eigenvalue weighted by Crippen LogP contribution is -2.29. The Morgan fingerprint density at radius 2 is 1.96 bits per heavy atom. The Hall–Kier alpha value is -2.43. The third kappa shape index (κ3) is 4.70.